The highest BCUT2D eigenvalue weighted by Crippen LogP contribution is 2.26. The highest BCUT2D eigenvalue weighted by molar-refractivity contribution is 6.00. The number of ether oxygens (including phenoxy) is 1. The van der Waals surface area contributed by atoms with Gasteiger partial charge in [0.2, 0.25) is 5.91 Å². The van der Waals surface area contributed by atoms with Crippen molar-refractivity contribution in [3.8, 4) is 5.75 Å². The molecule has 0 heterocycles. The maximum Gasteiger partial charge on any atom is 0.328 e. The van der Waals surface area contributed by atoms with Gasteiger partial charge < -0.3 is 31.3 Å². The molecule has 2 amide bonds. The second-order valence-corrected chi connectivity index (χ2v) is 9.46. The van der Waals surface area contributed by atoms with Gasteiger partial charge in [0.25, 0.3) is 5.91 Å². The molecule has 36 heavy (non-hydrogen) atoms. The van der Waals surface area contributed by atoms with Gasteiger partial charge in [0, 0.05) is 12.5 Å². The Morgan fingerprint density at radius 1 is 1.03 bits per heavy atom. The Labute approximate surface area is 212 Å². The van der Waals surface area contributed by atoms with Crippen LogP contribution in [0.5, 0.6) is 5.75 Å². The van der Waals surface area contributed by atoms with Gasteiger partial charge in [0.15, 0.2) is 0 Å². The minimum Gasteiger partial charge on any atom is -0.491 e. The predicted octanol–water partition coefficient (Wildman–Crippen LogP) is 1.96. The molecule has 9 nitrogen and oxygen atoms in total. The van der Waals surface area contributed by atoms with E-state index in [1.54, 1.807) is 30.3 Å². The second-order valence-electron chi connectivity index (χ2n) is 9.46. The summed E-state index contributed by atoms with van der Waals surface area (Å²) in [5.74, 6) is -1.86. The quantitative estimate of drug-likeness (QED) is 0.283. The monoisotopic (exact) mass is 499 g/mol. The highest BCUT2D eigenvalue weighted by Gasteiger charge is 2.28. The largest absolute Gasteiger partial charge is 0.491 e. The fourth-order valence-corrected chi connectivity index (χ4v) is 3.93. The molecular weight excluding hydrogens is 462 g/mol. The van der Waals surface area contributed by atoms with Crippen molar-refractivity contribution in [2.24, 2.45) is 11.7 Å². The SMILES string of the molecule is Cc1cc(C)c(OC[C@H](N)CC(C)C)c(C(=O)N[C@@H](Cc2ccccc2)C(=O)N[C@@H](CO)C(=O)O)c1. The maximum absolute atomic E-state index is 13.4. The van der Waals surface area contributed by atoms with Crippen molar-refractivity contribution in [3.05, 3.63) is 64.7 Å². The Morgan fingerprint density at radius 2 is 1.69 bits per heavy atom. The first-order chi connectivity index (χ1) is 17.0. The molecule has 196 valence electrons. The van der Waals surface area contributed by atoms with Crippen LogP contribution in [0.25, 0.3) is 0 Å². The summed E-state index contributed by atoms with van der Waals surface area (Å²) < 4.78 is 5.98. The van der Waals surface area contributed by atoms with Crippen molar-refractivity contribution in [2.75, 3.05) is 13.2 Å². The second kappa shape index (κ2) is 13.6. The van der Waals surface area contributed by atoms with Gasteiger partial charge in [0.05, 0.1) is 12.2 Å². The molecule has 0 fully saturated rings. The zero-order valence-electron chi connectivity index (χ0n) is 21.3. The van der Waals surface area contributed by atoms with Crippen molar-refractivity contribution in [1.29, 1.82) is 0 Å². The number of nitrogens with two attached hydrogens (primary N) is 1. The average Bonchev–Trinajstić information content (AvgIpc) is 2.80. The smallest absolute Gasteiger partial charge is 0.328 e. The van der Waals surface area contributed by atoms with Gasteiger partial charge in [-0.1, -0.05) is 50.2 Å². The standard InChI is InChI=1S/C27H37N3O6/c1-16(2)10-20(28)15-36-24-18(4)11-17(3)12-21(24)25(32)29-22(13-19-8-6-5-7-9-19)26(33)30-23(14-31)27(34)35/h5-9,11-12,16,20,22-23,31H,10,13-15,28H2,1-4H3,(H,29,32)(H,30,33)(H,34,35)/t20-,22+,23+/m1/s1. The molecule has 0 saturated heterocycles. The number of carbonyl (C=O) groups is 3. The Kier molecular flexibility index (Phi) is 10.9. The minimum atomic E-state index is -1.49. The van der Waals surface area contributed by atoms with Gasteiger partial charge in [0.1, 0.15) is 24.4 Å². The summed E-state index contributed by atoms with van der Waals surface area (Å²) in [7, 11) is 0. The third-order valence-electron chi connectivity index (χ3n) is 5.58. The van der Waals surface area contributed by atoms with Gasteiger partial charge in [-0.3, -0.25) is 9.59 Å². The minimum absolute atomic E-state index is 0.121. The van der Waals surface area contributed by atoms with E-state index >= 15 is 0 Å². The molecule has 0 spiro atoms. The number of aryl methyl sites for hydroxylation is 2. The van der Waals surface area contributed by atoms with Gasteiger partial charge in [-0.15, -0.1) is 0 Å². The van der Waals surface area contributed by atoms with E-state index in [9.17, 15) is 24.6 Å². The van der Waals surface area contributed by atoms with Crippen LogP contribution in [0.2, 0.25) is 0 Å². The molecule has 2 aromatic carbocycles. The molecule has 0 aliphatic carbocycles. The number of carboxylic acid groups (broad SMARTS) is 1. The lowest BCUT2D eigenvalue weighted by Crippen LogP contribution is -2.53. The van der Waals surface area contributed by atoms with Crippen LogP contribution in [0.4, 0.5) is 0 Å². The molecule has 2 aromatic rings. The number of aliphatic carboxylic acids is 1. The lowest BCUT2D eigenvalue weighted by atomic mass is 10.0. The first kappa shape index (κ1) is 28.8. The van der Waals surface area contributed by atoms with Crippen molar-refractivity contribution in [2.45, 2.75) is 58.7 Å². The number of carboxylic acids is 1. The first-order valence-corrected chi connectivity index (χ1v) is 12.0. The average molecular weight is 500 g/mol. The number of aliphatic hydroxyl groups excluding tert-OH is 1. The van der Waals surface area contributed by atoms with Crippen LogP contribution in [-0.2, 0) is 16.0 Å². The van der Waals surface area contributed by atoms with Gasteiger partial charge in [-0.25, -0.2) is 4.79 Å². The first-order valence-electron chi connectivity index (χ1n) is 12.0. The van der Waals surface area contributed by atoms with Crippen LogP contribution in [0.1, 0.15) is 47.3 Å². The Hall–Kier alpha value is -3.43. The number of benzene rings is 2. The fraction of sp³-hybridized carbons (Fsp3) is 0.444. The van der Waals surface area contributed by atoms with E-state index in [0.29, 0.717) is 11.7 Å². The third kappa shape index (κ3) is 8.66. The number of nitrogens with one attached hydrogen (secondary N) is 2. The number of amides is 2. The molecular formula is C27H37N3O6. The normalized spacial score (nSPS) is 13.5. The predicted molar refractivity (Wildman–Crippen MR) is 137 cm³/mol. The van der Waals surface area contributed by atoms with E-state index in [-0.39, 0.29) is 24.6 Å². The molecule has 2 rings (SSSR count). The van der Waals surface area contributed by atoms with E-state index < -0.39 is 36.5 Å². The Balaban J connectivity index is 2.31. The van der Waals surface area contributed by atoms with Crippen LogP contribution in [0, 0.1) is 19.8 Å². The molecule has 0 radical (unpaired) electrons. The Morgan fingerprint density at radius 3 is 2.28 bits per heavy atom. The van der Waals surface area contributed by atoms with Crippen molar-refractivity contribution < 1.29 is 29.3 Å². The number of aliphatic hydroxyl groups is 1. The Bertz CT molecular complexity index is 1040. The zero-order chi connectivity index (χ0) is 26.8. The van der Waals surface area contributed by atoms with Crippen LogP contribution < -0.4 is 21.1 Å². The molecule has 0 bridgehead atoms. The molecule has 3 atom stereocenters. The number of carbonyl (C=O) groups excluding carboxylic acids is 2. The van der Waals surface area contributed by atoms with E-state index in [1.807, 2.05) is 26.0 Å². The lowest BCUT2D eigenvalue weighted by Gasteiger charge is -2.23. The van der Waals surface area contributed by atoms with E-state index in [0.717, 1.165) is 23.1 Å². The summed E-state index contributed by atoms with van der Waals surface area (Å²) in [5, 5.41) is 23.6. The number of rotatable bonds is 13. The van der Waals surface area contributed by atoms with Crippen LogP contribution >= 0.6 is 0 Å². The molecule has 0 aromatic heterocycles. The summed E-state index contributed by atoms with van der Waals surface area (Å²) >= 11 is 0. The molecule has 0 aliphatic rings. The molecule has 0 aliphatic heterocycles. The van der Waals surface area contributed by atoms with Crippen LogP contribution in [0.15, 0.2) is 42.5 Å². The van der Waals surface area contributed by atoms with Crippen LogP contribution in [0.3, 0.4) is 0 Å². The van der Waals surface area contributed by atoms with Crippen LogP contribution in [-0.4, -0.2) is 59.3 Å². The summed E-state index contributed by atoms with van der Waals surface area (Å²) in [5.41, 5.74) is 8.79. The summed E-state index contributed by atoms with van der Waals surface area (Å²) in [6.07, 6.45) is 0.887. The maximum atomic E-state index is 13.4. The number of hydrogen-bond acceptors (Lipinski definition) is 6. The van der Waals surface area contributed by atoms with E-state index in [4.69, 9.17) is 10.5 Å². The van der Waals surface area contributed by atoms with Crippen molar-refractivity contribution >= 4 is 17.8 Å². The summed E-state index contributed by atoms with van der Waals surface area (Å²) in [4.78, 5) is 37.7. The van der Waals surface area contributed by atoms with Crippen molar-refractivity contribution in [1.82, 2.24) is 10.6 Å². The summed E-state index contributed by atoms with van der Waals surface area (Å²) in [6, 6.07) is 9.82. The molecule has 0 unspecified atom stereocenters. The molecule has 9 heteroatoms. The lowest BCUT2D eigenvalue weighted by molar-refractivity contribution is -0.143. The third-order valence-corrected chi connectivity index (χ3v) is 5.58. The topological polar surface area (TPSA) is 151 Å². The number of hydrogen-bond donors (Lipinski definition) is 5. The molecule has 6 N–H and O–H groups in total. The zero-order valence-corrected chi connectivity index (χ0v) is 21.3. The van der Waals surface area contributed by atoms with Gasteiger partial charge in [-0.2, -0.15) is 0 Å². The fourth-order valence-electron chi connectivity index (χ4n) is 3.93. The summed E-state index contributed by atoms with van der Waals surface area (Å²) in [6.45, 7) is 7.27. The highest BCUT2D eigenvalue weighted by atomic mass is 16.5. The van der Waals surface area contributed by atoms with Gasteiger partial charge >= 0.3 is 5.97 Å². The van der Waals surface area contributed by atoms with E-state index in [2.05, 4.69) is 24.5 Å². The van der Waals surface area contributed by atoms with Crippen molar-refractivity contribution in [3.63, 3.8) is 0 Å². The molecule has 0 saturated carbocycles. The van der Waals surface area contributed by atoms with Gasteiger partial charge in [-0.05, 0) is 48.9 Å². The van der Waals surface area contributed by atoms with E-state index in [1.165, 1.54) is 0 Å².